The van der Waals surface area contributed by atoms with Crippen molar-refractivity contribution in [2.24, 2.45) is 5.92 Å². The van der Waals surface area contributed by atoms with E-state index >= 15 is 0 Å². The number of piperazine rings is 1. The van der Waals surface area contributed by atoms with Crippen molar-refractivity contribution in [2.75, 3.05) is 13.1 Å². The molecular weight excluding hydrogens is 200 g/mol. The third kappa shape index (κ3) is 1.75. The van der Waals surface area contributed by atoms with E-state index in [9.17, 15) is 4.79 Å². The van der Waals surface area contributed by atoms with Crippen molar-refractivity contribution in [1.82, 2.24) is 10.2 Å². The summed E-state index contributed by atoms with van der Waals surface area (Å²) in [5.41, 5.74) is 0. The Kier molecular flexibility index (Phi) is 2.88. The Hall–Kier alpha value is -0.570. The van der Waals surface area contributed by atoms with E-state index in [1.165, 1.54) is 44.9 Å². The van der Waals surface area contributed by atoms with Gasteiger partial charge in [-0.05, 0) is 31.6 Å². The van der Waals surface area contributed by atoms with Crippen LogP contribution in [0.4, 0.5) is 0 Å². The van der Waals surface area contributed by atoms with Crippen LogP contribution in [0.2, 0.25) is 0 Å². The minimum absolute atomic E-state index is 0.148. The van der Waals surface area contributed by atoms with Gasteiger partial charge < -0.3 is 10.2 Å². The highest BCUT2D eigenvalue weighted by Gasteiger charge is 2.40. The fourth-order valence-electron chi connectivity index (χ4n) is 3.70. The molecule has 3 rings (SSSR count). The number of fused-ring (bicyclic) bond motifs is 1. The summed E-state index contributed by atoms with van der Waals surface area (Å²) in [6.45, 7) is 2.04. The molecule has 3 fully saturated rings. The number of hydrogen-bond acceptors (Lipinski definition) is 2. The molecule has 2 aliphatic heterocycles. The number of carbonyl (C=O) groups excluding carboxylic acids is 1. The van der Waals surface area contributed by atoms with Crippen LogP contribution in [0.3, 0.4) is 0 Å². The predicted molar refractivity (Wildman–Crippen MR) is 63.1 cm³/mol. The van der Waals surface area contributed by atoms with Crippen molar-refractivity contribution >= 4 is 5.91 Å². The summed E-state index contributed by atoms with van der Waals surface area (Å²) < 4.78 is 0. The Morgan fingerprint density at radius 3 is 2.69 bits per heavy atom. The maximum Gasteiger partial charge on any atom is 0.240 e. The molecule has 1 N–H and O–H groups in total. The van der Waals surface area contributed by atoms with Crippen LogP contribution in [-0.4, -0.2) is 36.0 Å². The van der Waals surface area contributed by atoms with Crippen LogP contribution in [0.5, 0.6) is 0 Å². The molecule has 0 aromatic heterocycles. The number of carbonyl (C=O) groups is 1. The molecule has 1 amide bonds. The van der Waals surface area contributed by atoms with Crippen molar-refractivity contribution in [3.8, 4) is 0 Å². The summed E-state index contributed by atoms with van der Waals surface area (Å²) in [6, 6.07) is 0.655. The summed E-state index contributed by atoms with van der Waals surface area (Å²) >= 11 is 0. The molecule has 16 heavy (non-hydrogen) atoms. The zero-order chi connectivity index (χ0) is 11.0. The summed E-state index contributed by atoms with van der Waals surface area (Å²) in [5.74, 6) is 1.02. The molecule has 2 heterocycles. The van der Waals surface area contributed by atoms with Crippen molar-refractivity contribution < 1.29 is 4.79 Å². The molecule has 2 saturated heterocycles. The highest BCUT2D eigenvalue weighted by Crippen LogP contribution is 2.31. The number of amides is 1. The van der Waals surface area contributed by atoms with Crippen LogP contribution in [0.25, 0.3) is 0 Å². The Bertz CT molecular complexity index is 273. The SMILES string of the molecule is O=C1C(C2CCCCC2)NCC2CCCN12. The third-order valence-electron chi connectivity index (χ3n) is 4.62. The Labute approximate surface area is 97.6 Å². The Balaban J connectivity index is 1.69. The van der Waals surface area contributed by atoms with Gasteiger partial charge in [0, 0.05) is 19.1 Å². The summed E-state index contributed by atoms with van der Waals surface area (Å²) in [4.78, 5) is 14.5. The monoisotopic (exact) mass is 222 g/mol. The number of nitrogens with one attached hydrogen (secondary N) is 1. The standard InChI is InChI=1S/C13H22N2O/c16-13-12(10-5-2-1-3-6-10)14-9-11-7-4-8-15(11)13/h10-12,14H,1-9H2. The van der Waals surface area contributed by atoms with Gasteiger partial charge in [0.2, 0.25) is 5.91 Å². The lowest BCUT2D eigenvalue weighted by Gasteiger charge is -2.40. The normalized spacial score (nSPS) is 36.5. The first-order chi connectivity index (χ1) is 7.86. The average molecular weight is 222 g/mol. The average Bonchev–Trinajstić information content (AvgIpc) is 2.80. The molecule has 3 nitrogen and oxygen atoms in total. The lowest BCUT2D eigenvalue weighted by Crippen LogP contribution is -2.60. The van der Waals surface area contributed by atoms with Gasteiger partial charge in [-0.3, -0.25) is 4.79 Å². The van der Waals surface area contributed by atoms with Crippen LogP contribution in [-0.2, 0) is 4.79 Å². The maximum atomic E-state index is 12.4. The largest absolute Gasteiger partial charge is 0.337 e. The van der Waals surface area contributed by atoms with Gasteiger partial charge in [0.25, 0.3) is 0 Å². The van der Waals surface area contributed by atoms with Crippen LogP contribution >= 0.6 is 0 Å². The van der Waals surface area contributed by atoms with E-state index in [2.05, 4.69) is 10.2 Å². The smallest absolute Gasteiger partial charge is 0.240 e. The van der Waals surface area contributed by atoms with Crippen molar-refractivity contribution in [3.63, 3.8) is 0 Å². The second kappa shape index (κ2) is 4.36. The molecule has 2 atom stereocenters. The first kappa shape index (κ1) is 10.6. The summed E-state index contributed by atoms with van der Waals surface area (Å²) in [5, 5.41) is 3.52. The molecule has 0 aromatic carbocycles. The van der Waals surface area contributed by atoms with Gasteiger partial charge >= 0.3 is 0 Å². The van der Waals surface area contributed by atoms with Crippen LogP contribution in [0, 0.1) is 5.92 Å². The minimum Gasteiger partial charge on any atom is -0.337 e. The third-order valence-corrected chi connectivity index (χ3v) is 4.62. The number of hydrogen-bond donors (Lipinski definition) is 1. The molecule has 0 bridgehead atoms. The van der Waals surface area contributed by atoms with E-state index in [-0.39, 0.29) is 6.04 Å². The Morgan fingerprint density at radius 1 is 1.06 bits per heavy atom. The molecule has 2 unspecified atom stereocenters. The highest BCUT2D eigenvalue weighted by molar-refractivity contribution is 5.83. The first-order valence-corrected chi connectivity index (χ1v) is 6.90. The van der Waals surface area contributed by atoms with E-state index in [0.717, 1.165) is 13.1 Å². The molecular formula is C13H22N2O. The zero-order valence-corrected chi connectivity index (χ0v) is 9.95. The van der Waals surface area contributed by atoms with E-state index in [1.807, 2.05) is 0 Å². The van der Waals surface area contributed by atoms with Crippen LogP contribution < -0.4 is 5.32 Å². The van der Waals surface area contributed by atoms with Gasteiger partial charge in [0.1, 0.15) is 0 Å². The van der Waals surface area contributed by atoms with Crippen molar-refractivity contribution in [1.29, 1.82) is 0 Å². The summed E-state index contributed by atoms with van der Waals surface area (Å²) in [6.07, 6.45) is 8.91. The fraction of sp³-hybridized carbons (Fsp3) is 0.923. The van der Waals surface area contributed by atoms with Gasteiger partial charge in [0.05, 0.1) is 6.04 Å². The molecule has 3 heteroatoms. The molecule has 0 aromatic rings. The molecule has 90 valence electrons. The molecule has 1 saturated carbocycles. The van der Waals surface area contributed by atoms with Gasteiger partial charge in [-0.25, -0.2) is 0 Å². The second-order valence-corrected chi connectivity index (χ2v) is 5.61. The maximum absolute atomic E-state index is 12.4. The van der Waals surface area contributed by atoms with Crippen LogP contribution in [0.1, 0.15) is 44.9 Å². The lowest BCUT2D eigenvalue weighted by molar-refractivity contribution is -0.138. The number of nitrogens with zero attached hydrogens (tertiary/aromatic N) is 1. The van der Waals surface area contributed by atoms with E-state index < -0.39 is 0 Å². The Morgan fingerprint density at radius 2 is 1.88 bits per heavy atom. The molecule has 1 aliphatic carbocycles. The molecule has 0 spiro atoms. The lowest BCUT2D eigenvalue weighted by atomic mass is 9.82. The number of rotatable bonds is 1. The van der Waals surface area contributed by atoms with Gasteiger partial charge in [0.15, 0.2) is 0 Å². The van der Waals surface area contributed by atoms with Gasteiger partial charge in [-0.15, -0.1) is 0 Å². The highest BCUT2D eigenvalue weighted by atomic mass is 16.2. The van der Waals surface area contributed by atoms with Gasteiger partial charge in [-0.2, -0.15) is 0 Å². The zero-order valence-electron chi connectivity index (χ0n) is 9.95. The minimum atomic E-state index is 0.148. The van der Waals surface area contributed by atoms with E-state index in [1.54, 1.807) is 0 Å². The van der Waals surface area contributed by atoms with E-state index in [0.29, 0.717) is 17.9 Å². The van der Waals surface area contributed by atoms with Crippen LogP contribution in [0.15, 0.2) is 0 Å². The molecule has 3 aliphatic rings. The van der Waals surface area contributed by atoms with Gasteiger partial charge in [-0.1, -0.05) is 19.3 Å². The van der Waals surface area contributed by atoms with Crippen molar-refractivity contribution in [3.05, 3.63) is 0 Å². The summed E-state index contributed by atoms with van der Waals surface area (Å²) in [7, 11) is 0. The fourth-order valence-corrected chi connectivity index (χ4v) is 3.70. The van der Waals surface area contributed by atoms with Crippen molar-refractivity contribution in [2.45, 2.75) is 57.0 Å². The van der Waals surface area contributed by atoms with E-state index in [4.69, 9.17) is 0 Å². The first-order valence-electron chi connectivity index (χ1n) is 6.90. The molecule has 0 radical (unpaired) electrons. The topological polar surface area (TPSA) is 32.3 Å². The quantitative estimate of drug-likeness (QED) is 0.729. The predicted octanol–water partition coefficient (Wildman–Crippen LogP) is 1.53. The second-order valence-electron chi connectivity index (χ2n) is 5.61.